The number of methoxy groups -OCH3 is 2. The average molecular weight is 549 g/mol. The van der Waals surface area contributed by atoms with Crippen molar-refractivity contribution in [2.75, 3.05) is 31.5 Å². The number of fused-ring (bicyclic) bond motifs is 1. The second-order valence-corrected chi connectivity index (χ2v) is 9.15. The highest BCUT2D eigenvalue weighted by Gasteiger charge is 2.21. The third kappa shape index (κ3) is 6.50. The maximum Gasteiger partial charge on any atom is 0.328 e. The van der Waals surface area contributed by atoms with Gasteiger partial charge < -0.3 is 20.1 Å². The predicted molar refractivity (Wildman–Crippen MR) is 151 cm³/mol. The van der Waals surface area contributed by atoms with Gasteiger partial charge in [-0.25, -0.2) is 4.68 Å². The molecule has 0 bridgehead atoms. The van der Waals surface area contributed by atoms with Gasteiger partial charge in [-0.3, -0.25) is 19.8 Å². The molecule has 0 aliphatic carbocycles. The minimum Gasteiger partial charge on any atom is -0.493 e. The Morgan fingerprint density at radius 3 is 2.26 bits per heavy atom. The highest BCUT2D eigenvalue weighted by atomic mass is 35.5. The van der Waals surface area contributed by atoms with E-state index in [0.29, 0.717) is 39.5 Å². The van der Waals surface area contributed by atoms with Crippen LogP contribution in [0.5, 0.6) is 11.5 Å². The van der Waals surface area contributed by atoms with E-state index in [4.69, 9.17) is 21.1 Å². The van der Waals surface area contributed by atoms with Gasteiger partial charge in [0.05, 0.1) is 19.7 Å². The summed E-state index contributed by atoms with van der Waals surface area (Å²) in [5.41, 5.74) is 5.83. The molecule has 3 N–H and O–H groups in total. The van der Waals surface area contributed by atoms with Gasteiger partial charge in [-0.05, 0) is 72.5 Å². The van der Waals surface area contributed by atoms with Crippen molar-refractivity contribution >= 4 is 45.9 Å². The zero-order valence-electron chi connectivity index (χ0n) is 21.8. The number of nitrogens with one attached hydrogen (secondary N) is 3. The summed E-state index contributed by atoms with van der Waals surface area (Å²) < 4.78 is 11.8. The lowest BCUT2D eigenvalue weighted by molar-refractivity contribution is -0.136. The van der Waals surface area contributed by atoms with Crippen molar-refractivity contribution in [3.8, 4) is 11.5 Å². The van der Waals surface area contributed by atoms with Crippen molar-refractivity contribution in [3.05, 3.63) is 88.6 Å². The summed E-state index contributed by atoms with van der Waals surface area (Å²) in [5.74, 6) is -1.04. The smallest absolute Gasteiger partial charge is 0.328 e. The molecule has 0 saturated carbocycles. The van der Waals surface area contributed by atoms with Crippen molar-refractivity contribution in [2.24, 2.45) is 0 Å². The van der Waals surface area contributed by atoms with Crippen LogP contribution in [0.4, 0.5) is 5.69 Å². The second kappa shape index (κ2) is 12.4. The van der Waals surface area contributed by atoms with Crippen molar-refractivity contribution in [1.29, 1.82) is 0 Å². The third-order valence-corrected chi connectivity index (χ3v) is 6.42. The fourth-order valence-corrected chi connectivity index (χ4v) is 4.26. The van der Waals surface area contributed by atoms with E-state index >= 15 is 0 Å². The van der Waals surface area contributed by atoms with Gasteiger partial charge >= 0.3 is 11.8 Å². The van der Waals surface area contributed by atoms with Gasteiger partial charge in [0.25, 0.3) is 5.91 Å². The zero-order chi connectivity index (χ0) is 27.9. The van der Waals surface area contributed by atoms with Crippen LogP contribution >= 0.6 is 11.6 Å². The predicted octanol–water partition coefficient (Wildman–Crippen LogP) is 4.56. The summed E-state index contributed by atoms with van der Waals surface area (Å²) in [6.45, 7) is 2.26. The molecule has 3 aromatic carbocycles. The van der Waals surface area contributed by atoms with Crippen molar-refractivity contribution in [3.63, 3.8) is 0 Å². The molecule has 0 fully saturated rings. The molecule has 0 saturated heterocycles. The number of carbonyl (C=O) groups is 3. The van der Waals surface area contributed by atoms with Gasteiger partial charge in [-0.1, -0.05) is 36.7 Å². The molecular weight excluding hydrogens is 520 g/mol. The molecule has 0 atom stereocenters. The largest absolute Gasteiger partial charge is 0.493 e. The highest BCUT2D eigenvalue weighted by Crippen LogP contribution is 2.27. The number of aryl methyl sites for hydroxylation is 1. The average Bonchev–Trinajstić information content (AvgIpc) is 3.30. The van der Waals surface area contributed by atoms with Crippen LogP contribution in [-0.2, 0) is 22.4 Å². The van der Waals surface area contributed by atoms with E-state index in [1.807, 2.05) is 43.3 Å². The first-order chi connectivity index (χ1) is 18.8. The molecule has 9 nitrogen and oxygen atoms in total. The number of amides is 3. The highest BCUT2D eigenvalue weighted by molar-refractivity contribution is 6.38. The zero-order valence-corrected chi connectivity index (χ0v) is 22.6. The molecule has 4 aromatic rings. The van der Waals surface area contributed by atoms with Crippen molar-refractivity contribution in [1.82, 2.24) is 9.99 Å². The van der Waals surface area contributed by atoms with Crippen LogP contribution in [-0.4, -0.2) is 43.2 Å². The summed E-state index contributed by atoms with van der Waals surface area (Å²) in [4.78, 5) is 38.6. The summed E-state index contributed by atoms with van der Waals surface area (Å²) in [6.07, 6.45) is 1.35. The number of carbonyl (C=O) groups excluding carboxylic acids is 3. The first kappa shape index (κ1) is 27.5. The number of aromatic nitrogens is 1. The first-order valence-electron chi connectivity index (χ1n) is 12.3. The van der Waals surface area contributed by atoms with Gasteiger partial charge in [0.15, 0.2) is 11.5 Å². The van der Waals surface area contributed by atoms with E-state index < -0.39 is 17.7 Å². The van der Waals surface area contributed by atoms with Crippen LogP contribution in [0.25, 0.3) is 10.9 Å². The number of hydrogen-bond donors (Lipinski definition) is 3. The molecule has 0 radical (unpaired) electrons. The van der Waals surface area contributed by atoms with Gasteiger partial charge in [0.1, 0.15) is 5.69 Å². The number of rotatable bonds is 9. The van der Waals surface area contributed by atoms with E-state index in [2.05, 4.69) is 16.1 Å². The van der Waals surface area contributed by atoms with Crippen molar-refractivity contribution in [2.45, 2.75) is 19.8 Å². The Morgan fingerprint density at radius 1 is 0.846 bits per heavy atom. The Bertz CT molecular complexity index is 1510. The summed E-state index contributed by atoms with van der Waals surface area (Å²) in [6, 6.07) is 19.5. The summed E-state index contributed by atoms with van der Waals surface area (Å²) >= 11 is 6.14. The number of hydrogen-bond acceptors (Lipinski definition) is 5. The monoisotopic (exact) mass is 548 g/mol. The Hall–Kier alpha value is -4.50. The van der Waals surface area contributed by atoms with E-state index in [1.54, 1.807) is 44.6 Å². The molecule has 0 aliphatic rings. The molecule has 1 aromatic heterocycles. The van der Waals surface area contributed by atoms with Crippen LogP contribution in [0.2, 0.25) is 5.02 Å². The Morgan fingerprint density at radius 2 is 1.56 bits per heavy atom. The number of nitrogens with zero attached hydrogens (tertiary/aromatic N) is 1. The molecule has 0 unspecified atom stereocenters. The molecule has 1 heterocycles. The SMILES string of the molecule is CCc1ccc(NC(=O)c2cc3cc(Cl)ccc3n2NC(=O)C(=O)NCCc2ccc(OC)c(OC)c2)cc1. The molecule has 0 spiro atoms. The molecule has 39 heavy (non-hydrogen) atoms. The third-order valence-electron chi connectivity index (χ3n) is 6.18. The molecule has 4 rings (SSSR count). The number of benzene rings is 3. The topological polar surface area (TPSA) is 111 Å². The molecule has 0 aliphatic heterocycles. The quantitative estimate of drug-likeness (QED) is 0.266. The normalized spacial score (nSPS) is 10.7. The minimum atomic E-state index is -0.920. The van der Waals surface area contributed by atoms with E-state index in [9.17, 15) is 14.4 Å². The van der Waals surface area contributed by atoms with Gasteiger partial charge in [0.2, 0.25) is 0 Å². The standard InChI is InChI=1S/C29H29ClN4O5/c1-4-18-5-9-22(10-6-18)32-27(35)24-17-20-16-21(30)8-11-23(20)34(24)33-29(37)28(36)31-14-13-19-7-12-25(38-2)26(15-19)39-3/h5-12,15-17H,4,13-14H2,1-3H3,(H,31,36)(H,32,35)(H,33,37). The first-order valence-corrected chi connectivity index (χ1v) is 12.7. The summed E-state index contributed by atoms with van der Waals surface area (Å²) in [7, 11) is 3.10. The van der Waals surface area contributed by atoms with Gasteiger partial charge in [-0.2, -0.15) is 0 Å². The van der Waals surface area contributed by atoms with Crippen LogP contribution < -0.4 is 25.5 Å². The maximum absolute atomic E-state index is 13.2. The van der Waals surface area contributed by atoms with Crippen LogP contribution in [0, 0.1) is 0 Å². The molecule has 3 amide bonds. The van der Waals surface area contributed by atoms with Crippen LogP contribution in [0.1, 0.15) is 28.5 Å². The van der Waals surface area contributed by atoms with Crippen LogP contribution in [0.3, 0.4) is 0 Å². The number of ether oxygens (including phenoxy) is 2. The Kier molecular flexibility index (Phi) is 8.73. The lowest BCUT2D eigenvalue weighted by Crippen LogP contribution is -2.40. The molecule has 202 valence electrons. The van der Waals surface area contributed by atoms with Crippen molar-refractivity contribution < 1.29 is 23.9 Å². The lowest BCUT2D eigenvalue weighted by atomic mass is 10.1. The van der Waals surface area contributed by atoms with E-state index in [1.165, 1.54) is 4.68 Å². The number of anilines is 1. The fourth-order valence-electron chi connectivity index (χ4n) is 4.08. The van der Waals surface area contributed by atoms with Gasteiger partial charge in [-0.15, -0.1) is 0 Å². The Balaban J connectivity index is 1.47. The van der Waals surface area contributed by atoms with Crippen LogP contribution in [0.15, 0.2) is 66.7 Å². The lowest BCUT2D eigenvalue weighted by Gasteiger charge is -2.13. The minimum absolute atomic E-state index is 0.137. The van der Waals surface area contributed by atoms with E-state index in [-0.39, 0.29) is 12.2 Å². The Labute approximate surface area is 231 Å². The fraction of sp³-hybridized carbons (Fsp3) is 0.207. The summed E-state index contributed by atoms with van der Waals surface area (Å²) in [5, 5.41) is 6.54. The molecule has 10 heteroatoms. The maximum atomic E-state index is 13.2. The second-order valence-electron chi connectivity index (χ2n) is 8.71. The van der Waals surface area contributed by atoms with E-state index in [0.717, 1.165) is 17.5 Å². The van der Waals surface area contributed by atoms with Gasteiger partial charge in [0, 0.05) is 22.6 Å². The molecular formula is C29H29ClN4O5. The number of halogens is 1.